The van der Waals surface area contributed by atoms with E-state index < -0.39 is 0 Å². The molecule has 4 heteroatoms. The highest BCUT2D eigenvalue weighted by Crippen LogP contribution is 2.12. The summed E-state index contributed by atoms with van der Waals surface area (Å²) in [5.41, 5.74) is 0. The maximum Gasteiger partial charge on any atom is 0.218 e. The van der Waals surface area contributed by atoms with Crippen molar-refractivity contribution in [2.45, 2.75) is 38.6 Å². The molecular formula is C9H18N2O2. The van der Waals surface area contributed by atoms with E-state index in [4.69, 9.17) is 0 Å². The fraction of sp³-hybridized carbons (Fsp3) is 1.00. The molecule has 0 aliphatic carbocycles. The minimum atomic E-state index is -0.213. The van der Waals surface area contributed by atoms with Crippen LogP contribution in [0.1, 0.15) is 32.6 Å². The molecule has 0 radical (unpaired) electrons. The Balaban J connectivity index is 2.34. The third-order valence-corrected chi connectivity index (χ3v) is 2.68. The van der Waals surface area contributed by atoms with Gasteiger partial charge in [-0.3, -0.25) is 15.0 Å². The Morgan fingerprint density at radius 2 is 1.85 bits per heavy atom. The molecule has 1 fully saturated rings. The van der Waals surface area contributed by atoms with Gasteiger partial charge in [-0.15, -0.1) is 0 Å². The second-order valence-electron chi connectivity index (χ2n) is 3.81. The molecule has 0 aromatic carbocycles. The largest absolute Gasteiger partial charge is 0.295 e. The normalized spacial score (nSPS) is 22.2. The maximum absolute atomic E-state index is 10.3. The maximum atomic E-state index is 10.3. The van der Waals surface area contributed by atoms with Gasteiger partial charge in [0.2, 0.25) is 6.54 Å². The molecular weight excluding hydrogens is 168 g/mol. The Morgan fingerprint density at radius 3 is 2.31 bits per heavy atom. The van der Waals surface area contributed by atoms with Gasteiger partial charge in [0.1, 0.15) is 0 Å². The molecule has 0 bridgehead atoms. The van der Waals surface area contributed by atoms with Crippen LogP contribution in [0.3, 0.4) is 0 Å². The molecule has 0 aromatic rings. The first-order valence-electron chi connectivity index (χ1n) is 5.06. The van der Waals surface area contributed by atoms with E-state index >= 15 is 0 Å². The van der Waals surface area contributed by atoms with Crippen LogP contribution in [-0.4, -0.2) is 35.5 Å². The number of hydrogen-bond acceptors (Lipinski definition) is 3. The van der Waals surface area contributed by atoms with Crippen molar-refractivity contribution in [3.05, 3.63) is 10.1 Å². The van der Waals surface area contributed by atoms with Crippen LogP contribution in [0.2, 0.25) is 0 Å². The fourth-order valence-electron chi connectivity index (χ4n) is 1.87. The highest BCUT2D eigenvalue weighted by atomic mass is 16.6. The van der Waals surface area contributed by atoms with E-state index in [-0.39, 0.29) is 17.5 Å². The van der Waals surface area contributed by atoms with Crippen LogP contribution >= 0.6 is 0 Å². The van der Waals surface area contributed by atoms with Crippen LogP contribution in [0.5, 0.6) is 0 Å². The average Bonchev–Trinajstić information content (AvgIpc) is 2.29. The summed E-state index contributed by atoms with van der Waals surface area (Å²) in [4.78, 5) is 12.4. The minimum Gasteiger partial charge on any atom is -0.295 e. The summed E-state index contributed by atoms with van der Waals surface area (Å²) in [5.74, 6) is 0. The van der Waals surface area contributed by atoms with Crippen molar-refractivity contribution in [3.8, 4) is 0 Å². The highest BCUT2D eigenvalue weighted by molar-refractivity contribution is 4.69. The molecule has 0 aromatic heterocycles. The van der Waals surface area contributed by atoms with E-state index in [0.29, 0.717) is 0 Å². The van der Waals surface area contributed by atoms with Gasteiger partial charge < -0.3 is 0 Å². The van der Waals surface area contributed by atoms with E-state index in [9.17, 15) is 10.1 Å². The molecule has 0 saturated carbocycles. The molecule has 1 aliphatic rings. The monoisotopic (exact) mass is 186 g/mol. The van der Waals surface area contributed by atoms with E-state index in [2.05, 4.69) is 4.90 Å². The number of nitro groups is 1. The lowest BCUT2D eigenvalue weighted by Crippen LogP contribution is -2.38. The van der Waals surface area contributed by atoms with Crippen molar-refractivity contribution < 1.29 is 4.92 Å². The number of hydrogen-bond donors (Lipinski definition) is 0. The SMILES string of the molecule is CC(C[N+](=O)[O-])N1CCCCCC1. The van der Waals surface area contributed by atoms with Crippen LogP contribution in [0, 0.1) is 10.1 Å². The Labute approximate surface area is 79.1 Å². The van der Waals surface area contributed by atoms with E-state index in [1.54, 1.807) is 0 Å². The molecule has 0 spiro atoms. The van der Waals surface area contributed by atoms with Crippen LogP contribution in [0.25, 0.3) is 0 Å². The predicted molar refractivity (Wildman–Crippen MR) is 51.4 cm³/mol. The second-order valence-corrected chi connectivity index (χ2v) is 3.81. The van der Waals surface area contributed by atoms with Gasteiger partial charge in [0.05, 0.1) is 6.04 Å². The van der Waals surface area contributed by atoms with Crippen LogP contribution in [0.4, 0.5) is 0 Å². The van der Waals surface area contributed by atoms with Crippen molar-refractivity contribution in [3.63, 3.8) is 0 Å². The average molecular weight is 186 g/mol. The van der Waals surface area contributed by atoms with Gasteiger partial charge in [-0.25, -0.2) is 0 Å². The molecule has 1 saturated heterocycles. The number of likely N-dealkylation sites (tertiary alicyclic amines) is 1. The first kappa shape index (κ1) is 10.4. The summed E-state index contributed by atoms with van der Waals surface area (Å²) < 4.78 is 0. The van der Waals surface area contributed by atoms with Gasteiger partial charge >= 0.3 is 0 Å². The first-order chi connectivity index (χ1) is 6.20. The molecule has 1 atom stereocenters. The molecule has 1 unspecified atom stereocenters. The zero-order valence-electron chi connectivity index (χ0n) is 8.24. The summed E-state index contributed by atoms with van der Waals surface area (Å²) in [7, 11) is 0. The van der Waals surface area contributed by atoms with Crippen molar-refractivity contribution in [1.82, 2.24) is 4.90 Å². The Morgan fingerprint density at radius 1 is 1.31 bits per heavy atom. The fourth-order valence-corrected chi connectivity index (χ4v) is 1.87. The molecule has 1 heterocycles. The van der Waals surface area contributed by atoms with Crippen molar-refractivity contribution in [1.29, 1.82) is 0 Å². The van der Waals surface area contributed by atoms with Gasteiger partial charge in [-0.05, 0) is 32.9 Å². The summed E-state index contributed by atoms with van der Waals surface area (Å²) >= 11 is 0. The van der Waals surface area contributed by atoms with E-state index in [1.807, 2.05) is 6.92 Å². The standard InChI is InChI=1S/C9H18N2O2/c1-9(8-11(12)13)10-6-4-2-3-5-7-10/h9H,2-8H2,1H3. The molecule has 0 N–H and O–H groups in total. The lowest BCUT2D eigenvalue weighted by atomic mass is 10.2. The molecule has 0 amide bonds. The van der Waals surface area contributed by atoms with Gasteiger partial charge in [-0.2, -0.15) is 0 Å². The molecule has 76 valence electrons. The predicted octanol–water partition coefficient (Wildman–Crippen LogP) is 1.53. The van der Waals surface area contributed by atoms with Crippen LogP contribution < -0.4 is 0 Å². The third kappa shape index (κ3) is 3.72. The van der Waals surface area contributed by atoms with Crippen LogP contribution in [-0.2, 0) is 0 Å². The van der Waals surface area contributed by atoms with Crippen LogP contribution in [0.15, 0.2) is 0 Å². The summed E-state index contributed by atoms with van der Waals surface area (Å²) in [5, 5.41) is 10.3. The Kier molecular flexibility index (Phi) is 4.15. The summed E-state index contributed by atoms with van der Waals surface area (Å²) in [6, 6.07) is 0.105. The van der Waals surface area contributed by atoms with Crippen molar-refractivity contribution >= 4 is 0 Å². The quantitative estimate of drug-likeness (QED) is 0.496. The van der Waals surface area contributed by atoms with Gasteiger partial charge in [-0.1, -0.05) is 12.8 Å². The molecule has 1 aliphatic heterocycles. The lowest BCUT2D eigenvalue weighted by molar-refractivity contribution is -0.486. The highest BCUT2D eigenvalue weighted by Gasteiger charge is 2.19. The van der Waals surface area contributed by atoms with E-state index in [1.165, 1.54) is 25.7 Å². The first-order valence-corrected chi connectivity index (χ1v) is 5.06. The minimum absolute atomic E-state index is 0.0833. The second kappa shape index (κ2) is 5.17. The summed E-state index contributed by atoms with van der Waals surface area (Å²) in [6.45, 7) is 4.11. The number of rotatable bonds is 3. The summed E-state index contributed by atoms with van der Waals surface area (Å²) in [6.07, 6.45) is 4.95. The zero-order valence-corrected chi connectivity index (χ0v) is 8.24. The van der Waals surface area contributed by atoms with Gasteiger partial charge in [0.25, 0.3) is 0 Å². The molecule has 13 heavy (non-hydrogen) atoms. The van der Waals surface area contributed by atoms with Crippen molar-refractivity contribution in [2.75, 3.05) is 19.6 Å². The number of nitrogens with zero attached hydrogens (tertiary/aromatic N) is 2. The zero-order chi connectivity index (χ0) is 9.68. The van der Waals surface area contributed by atoms with E-state index in [0.717, 1.165) is 13.1 Å². The Bertz CT molecular complexity index is 165. The van der Waals surface area contributed by atoms with Crippen molar-refractivity contribution in [2.24, 2.45) is 0 Å². The lowest BCUT2D eigenvalue weighted by Gasteiger charge is -2.24. The third-order valence-electron chi connectivity index (χ3n) is 2.68. The molecule has 1 rings (SSSR count). The van der Waals surface area contributed by atoms with Gasteiger partial charge in [0, 0.05) is 4.92 Å². The van der Waals surface area contributed by atoms with Gasteiger partial charge in [0.15, 0.2) is 0 Å². The molecule has 4 nitrogen and oxygen atoms in total. The smallest absolute Gasteiger partial charge is 0.218 e. The topological polar surface area (TPSA) is 46.4 Å². The Hall–Kier alpha value is -0.640.